The molecule has 0 aromatic heterocycles. The predicted octanol–water partition coefficient (Wildman–Crippen LogP) is 2.04. The fourth-order valence-corrected chi connectivity index (χ4v) is 3.48. The third kappa shape index (κ3) is 3.59. The minimum absolute atomic E-state index is 0.216. The third-order valence-corrected chi connectivity index (χ3v) is 4.68. The van der Waals surface area contributed by atoms with Gasteiger partial charge in [-0.1, -0.05) is 0 Å². The third-order valence-electron chi connectivity index (χ3n) is 4.68. The molecule has 1 N–H and O–H groups in total. The second kappa shape index (κ2) is 6.02. The minimum atomic E-state index is -0.838. The Morgan fingerprint density at radius 3 is 2.26 bits per heavy atom. The summed E-state index contributed by atoms with van der Waals surface area (Å²) in [6.07, 6.45) is 1.52. The van der Waals surface area contributed by atoms with Crippen molar-refractivity contribution < 1.29 is 29.0 Å². The van der Waals surface area contributed by atoms with E-state index >= 15 is 0 Å². The standard InChI is InChI=1S/C16H25NO6/c1-15(2,3)23-14(21)17-9-10(13(20)22-4)5-6-16(17)7-11(8-16)12(18)19/h10-11H,5-9H2,1-4H3,(H,18,19). The zero-order valence-corrected chi connectivity index (χ0v) is 14.1. The van der Waals surface area contributed by atoms with Crippen molar-refractivity contribution in [1.29, 1.82) is 0 Å². The van der Waals surface area contributed by atoms with E-state index in [0.717, 1.165) is 0 Å². The molecule has 1 atom stereocenters. The first-order valence-electron chi connectivity index (χ1n) is 7.89. The normalized spacial score (nSPS) is 30.5. The lowest BCUT2D eigenvalue weighted by Crippen LogP contribution is -2.65. The van der Waals surface area contributed by atoms with Gasteiger partial charge in [0.15, 0.2) is 0 Å². The summed E-state index contributed by atoms with van der Waals surface area (Å²) in [5, 5.41) is 9.13. The molecule has 0 radical (unpaired) electrons. The van der Waals surface area contributed by atoms with Crippen molar-refractivity contribution in [2.75, 3.05) is 13.7 Å². The van der Waals surface area contributed by atoms with E-state index in [0.29, 0.717) is 25.7 Å². The van der Waals surface area contributed by atoms with Gasteiger partial charge in [-0.2, -0.15) is 0 Å². The lowest BCUT2D eigenvalue weighted by Gasteiger charge is -2.56. The summed E-state index contributed by atoms with van der Waals surface area (Å²) in [5.41, 5.74) is -1.15. The number of rotatable bonds is 2. The molecule has 7 nitrogen and oxygen atoms in total. The maximum Gasteiger partial charge on any atom is 0.410 e. The van der Waals surface area contributed by atoms with Crippen LogP contribution in [0.4, 0.5) is 4.79 Å². The van der Waals surface area contributed by atoms with Crippen LogP contribution in [0.1, 0.15) is 46.5 Å². The van der Waals surface area contributed by atoms with Crippen LogP contribution in [-0.2, 0) is 19.1 Å². The average Bonchev–Trinajstić information content (AvgIpc) is 2.41. The molecule has 0 aromatic rings. The van der Waals surface area contributed by atoms with Crippen molar-refractivity contribution in [3.05, 3.63) is 0 Å². The highest BCUT2D eigenvalue weighted by Crippen LogP contribution is 2.49. The largest absolute Gasteiger partial charge is 0.481 e. The lowest BCUT2D eigenvalue weighted by atomic mass is 9.62. The Kier molecular flexibility index (Phi) is 4.59. The summed E-state index contributed by atoms with van der Waals surface area (Å²) >= 11 is 0. The van der Waals surface area contributed by atoms with Crippen molar-refractivity contribution in [2.24, 2.45) is 11.8 Å². The van der Waals surface area contributed by atoms with E-state index in [1.807, 2.05) is 0 Å². The molecule has 2 rings (SSSR count). The van der Waals surface area contributed by atoms with Crippen molar-refractivity contribution in [3.63, 3.8) is 0 Å². The number of carbonyl (C=O) groups is 3. The SMILES string of the molecule is COC(=O)C1CCC2(CC(C(=O)O)C2)N(C(=O)OC(C)(C)C)C1. The van der Waals surface area contributed by atoms with Crippen LogP contribution < -0.4 is 0 Å². The van der Waals surface area contributed by atoms with Gasteiger partial charge < -0.3 is 19.5 Å². The maximum absolute atomic E-state index is 12.6. The van der Waals surface area contributed by atoms with E-state index in [-0.39, 0.29) is 18.4 Å². The van der Waals surface area contributed by atoms with Gasteiger partial charge in [-0.15, -0.1) is 0 Å². The minimum Gasteiger partial charge on any atom is -0.481 e. The molecular formula is C16H25NO6. The summed E-state index contributed by atoms with van der Waals surface area (Å²) in [5.74, 6) is -2.01. The van der Waals surface area contributed by atoms with Crippen molar-refractivity contribution in [2.45, 2.75) is 57.6 Å². The smallest absolute Gasteiger partial charge is 0.410 e. The molecule has 7 heteroatoms. The first-order valence-corrected chi connectivity index (χ1v) is 7.89. The molecule has 1 aliphatic heterocycles. The number of amides is 1. The summed E-state index contributed by atoms with van der Waals surface area (Å²) in [4.78, 5) is 37.1. The van der Waals surface area contributed by atoms with E-state index in [2.05, 4.69) is 0 Å². The van der Waals surface area contributed by atoms with Gasteiger partial charge in [0.2, 0.25) is 0 Å². The van der Waals surface area contributed by atoms with Crippen molar-refractivity contribution in [3.8, 4) is 0 Å². The molecule has 0 aromatic carbocycles. The molecule has 1 saturated carbocycles. The number of aliphatic carboxylic acids is 1. The topological polar surface area (TPSA) is 93.1 Å². The van der Waals surface area contributed by atoms with Crippen LogP contribution in [-0.4, -0.2) is 52.8 Å². The van der Waals surface area contributed by atoms with Crippen LogP contribution >= 0.6 is 0 Å². The summed E-state index contributed by atoms with van der Waals surface area (Å²) in [6.45, 7) is 5.55. The van der Waals surface area contributed by atoms with Gasteiger partial charge in [0, 0.05) is 12.1 Å². The summed E-state index contributed by atoms with van der Waals surface area (Å²) in [6, 6.07) is 0. The Bertz CT molecular complexity index is 503. The number of hydrogen-bond acceptors (Lipinski definition) is 5. The second-order valence-corrected chi connectivity index (χ2v) is 7.52. The van der Waals surface area contributed by atoms with Crippen molar-refractivity contribution >= 4 is 18.0 Å². The Morgan fingerprint density at radius 2 is 1.78 bits per heavy atom. The van der Waals surface area contributed by atoms with E-state index in [4.69, 9.17) is 14.6 Å². The van der Waals surface area contributed by atoms with Gasteiger partial charge in [-0.25, -0.2) is 4.79 Å². The zero-order chi connectivity index (χ0) is 17.4. The zero-order valence-electron chi connectivity index (χ0n) is 14.1. The number of ether oxygens (including phenoxy) is 2. The van der Waals surface area contributed by atoms with Crippen LogP contribution in [0.15, 0.2) is 0 Å². The molecule has 1 saturated heterocycles. The Labute approximate surface area is 135 Å². The number of hydrogen-bond donors (Lipinski definition) is 1. The lowest BCUT2D eigenvalue weighted by molar-refractivity contribution is -0.160. The molecule has 1 unspecified atom stereocenters. The van der Waals surface area contributed by atoms with Gasteiger partial charge in [-0.05, 0) is 46.5 Å². The van der Waals surface area contributed by atoms with Crippen LogP contribution in [0.5, 0.6) is 0 Å². The number of carbonyl (C=O) groups excluding carboxylic acids is 2. The molecule has 1 heterocycles. The quantitative estimate of drug-likeness (QED) is 0.780. The highest BCUT2D eigenvalue weighted by atomic mass is 16.6. The number of carboxylic acid groups (broad SMARTS) is 1. The summed E-state index contributed by atoms with van der Waals surface area (Å²) < 4.78 is 10.2. The van der Waals surface area contributed by atoms with Gasteiger partial charge in [0.1, 0.15) is 5.60 Å². The maximum atomic E-state index is 12.6. The first-order chi connectivity index (χ1) is 10.6. The van der Waals surface area contributed by atoms with Crippen molar-refractivity contribution in [1.82, 2.24) is 4.90 Å². The highest BCUT2D eigenvalue weighted by Gasteiger charge is 2.56. The number of methoxy groups -OCH3 is 1. The van der Waals surface area contributed by atoms with Gasteiger partial charge in [-0.3, -0.25) is 9.59 Å². The molecule has 130 valence electrons. The van der Waals surface area contributed by atoms with E-state index in [1.54, 1.807) is 25.7 Å². The Balaban J connectivity index is 2.16. The average molecular weight is 327 g/mol. The highest BCUT2D eigenvalue weighted by molar-refractivity contribution is 5.77. The molecule has 1 amide bonds. The van der Waals surface area contributed by atoms with Gasteiger partial charge >= 0.3 is 18.0 Å². The van der Waals surface area contributed by atoms with E-state index < -0.39 is 29.1 Å². The van der Waals surface area contributed by atoms with Gasteiger partial charge in [0.25, 0.3) is 0 Å². The molecule has 1 aliphatic carbocycles. The van der Waals surface area contributed by atoms with E-state index in [9.17, 15) is 14.4 Å². The monoisotopic (exact) mass is 327 g/mol. The van der Waals surface area contributed by atoms with Crippen LogP contribution in [0.25, 0.3) is 0 Å². The summed E-state index contributed by atoms with van der Waals surface area (Å²) in [7, 11) is 1.33. The van der Waals surface area contributed by atoms with Gasteiger partial charge in [0.05, 0.1) is 18.9 Å². The van der Waals surface area contributed by atoms with Crippen LogP contribution in [0.2, 0.25) is 0 Å². The number of carboxylic acids is 1. The first kappa shape index (κ1) is 17.6. The number of esters is 1. The van der Waals surface area contributed by atoms with E-state index in [1.165, 1.54) is 7.11 Å². The fraction of sp³-hybridized carbons (Fsp3) is 0.812. The number of piperidine rings is 1. The molecule has 0 bridgehead atoms. The Hall–Kier alpha value is -1.79. The molecule has 2 aliphatic rings. The van der Waals surface area contributed by atoms with Crippen LogP contribution in [0.3, 0.4) is 0 Å². The molecular weight excluding hydrogens is 302 g/mol. The fourth-order valence-electron chi connectivity index (χ4n) is 3.48. The van der Waals surface area contributed by atoms with Crippen LogP contribution in [0, 0.1) is 11.8 Å². The molecule has 2 fully saturated rings. The predicted molar refractivity (Wildman–Crippen MR) is 80.8 cm³/mol. The molecule has 23 heavy (non-hydrogen) atoms. The molecule has 1 spiro atoms. The second-order valence-electron chi connectivity index (χ2n) is 7.52. The Morgan fingerprint density at radius 1 is 1.17 bits per heavy atom. The number of likely N-dealkylation sites (tertiary alicyclic amines) is 1. The number of nitrogens with zero attached hydrogens (tertiary/aromatic N) is 1.